The van der Waals surface area contributed by atoms with E-state index in [0.29, 0.717) is 0 Å². The van der Waals surface area contributed by atoms with Crippen LogP contribution in [0.4, 0.5) is 0 Å². The Morgan fingerprint density at radius 1 is 1.24 bits per heavy atom. The molecule has 1 unspecified atom stereocenters. The van der Waals surface area contributed by atoms with Crippen LogP contribution in [0, 0.1) is 13.8 Å². The Hall–Kier alpha value is -1.43. The van der Waals surface area contributed by atoms with Crippen LogP contribution in [0.2, 0.25) is 0 Å². The molecule has 4 nitrogen and oxygen atoms in total. The number of hydrazine groups is 1. The number of halogens is 1. The second-order valence-corrected chi connectivity index (χ2v) is 5.92. The predicted octanol–water partition coefficient (Wildman–Crippen LogP) is 3.22. The zero-order chi connectivity index (χ0) is 15.4. The van der Waals surface area contributed by atoms with Crippen LogP contribution in [0.3, 0.4) is 0 Å². The summed E-state index contributed by atoms with van der Waals surface area (Å²) in [5, 5.41) is 0. The van der Waals surface area contributed by atoms with E-state index in [0.717, 1.165) is 39.2 Å². The van der Waals surface area contributed by atoms with Gasteiger partial charge in [-0.3, -0.25) is 16.3 Å². The summed E-state index contributed by atoms with van der Waals surface area (Å²) in [7, 11) is 1.67. The summed E-state index contributed by atoms with van der Waals surface area (Å²) in [4.78, 5) is 4.41. The van der Waals surface area contributed by atoms with Crippen molar-refractivity contribution in [2.24, 2.45) is 5.84 Å². The van der Waals surface area contributed by atoms with Crippen molar-refractivity contribution in [2.45, 2.75) is 26.3 Å². The molecule has 1 atom stereocenters. The second-order valence-electron chi connectivity index (χ2n) is 5.06. The van der Waals surface area contributed by atoms with Gasteiger partial charge in [0.15, 0.2) is 0 Å². The van der Waals surface area contributed by atoms with Gasteiger partial charge in [0, 0.05) is 15.9 Å². The molecule has 0 fully saturated rings. The van der Waals surface area contributed by atoms with Crippen molar-refractivity contribution in [1.82, 2.24) is 10.4 Å². The van der Waals surface area contributed by atoms with Gasteiger partial charge >= 0.3 is 0 Å². The molecule has 112 valence electrons. The van der Waals surface area contributed by atoms with Gasteiger partial charge in [0.05, 0.1) is 13.2 Å². The first kappa shape index (κ1) is 15.9. The van der Waals surface area contributed by atoms with E-state index in [2.05, 4.69) is 38.5 Å². The van der Waals surface area contributed by atoms with E-state index < -0.39 is 0 Å². The molecule has 0 saturated carbocycles. The molecule has 0 amide bonds. The minimum atomic E-state index is 0.0220. The van der Waals surface area contributed by atoms with Crippen LogP contribution in [0.1, 0.15) is 28.6 Å². The molecule has 1 aromatic heterocycles. The predicted molar refractivity (Wildman–Crippen MR) is 88.2 cm³/mol. The highest BCUT2D eigenvalue weighted by Gasteiger charge is 2.14. The molecule has 0 aliphatic rings. The third-order valence-corrected chi connectivity index (χ3v) is 4.16. The number of nitrogens with two attached hydrogens (primary N) is 1. The number of pyridine rings is 1. The largest absolute Gasteiger partial charge is 0.497 e. The van der Waals surface area contributed by atoms with Gasteiger partial charge in [0.1, 0.15) is 5.75 Å². The van der Waals surface area contributed by atoms with Gasteiger partial charge in [-0.05, 0) is 61.7 Å². The van der Waals surface area contributed by atoms with Gasteiger partial charge < -0.3 is 4.74 Å². The fourth-order valence-electron chi connectivity index (χ4n) is 2.40. The number of hydrogen-bond acceptors (Lipinski definition) is 4. The summed E-state index contributed by atoms with van der Waals surface area (Å²) in [5.74, 6) is 6.60. The molecular weight excluding hydrogens is 330 g/mol. The van der Waals surface area contributed by atoms with Gasteiger partial charge in [0.25, 0.3) is 0 Å². The third kappa shape index (κ3) is 4.03. The SMILES string of the molecule is COc1ccc(Br)c(CC(NN)c2cc(C)nc(C)c2)c1. The van der Waals surface area contributed by atoms with E-state index in [9.17, 15) is 0 Å². The molecule has 0 bridgehead atoms. The van der Waals surface area contributed by atoms with Crippen molar-refractivity contribution < 1.29 is 4.74 Å². The number of nitrogens with zero attached hydrogens (tertiary/aromatic N) is 1. The van der Waals surface area contributed by atoms with Gasteiger partial charge in [-0.15, -0.1) is 0 Å². The Bertz CT molecular complexity index is 611. The number of ether oxygens (including phenoxy) is 1. The van der Waals surface area contributed by atoms with Gasteiger partial charge in [0.2, 0.25) is 0 Å². The number of nitrogens with one attached hydrogen (secondary N) is 1. The summed E-state index contributed by atoms with van der Waals surface area (Å²) in [6, 6.07) is 10.1. The Kier molecular flexibility index (Phi) is 5.33. The van der Waals surface area contributed by atoms with E-state index in [4.69, 9.17) is 10.6 Å². The first-order valence-electron chi connectivity index (χ1n) is 6.77. The van der Waals surface area contributed by atoms with Gasteiger partial charge in [-0.2, -0.15) is 0 Å². The molecule has 0 aliphatic heterocycles. The van der Waals surface area contributed by atoms with E-state index in [1.165, 1.54) is 0 Å². The highest BCUT2D eigenvalue weighted by Crippen LogP contribution is 2.27. The van der Waals surface area contributed by atoms with Crippen LogP contribution in [0.15, 0.2) is 34.8 Å². The first-order valence-corrected chi connectivity index (χ1v) is 7.56. The average Bonchev–Trinajstić information content (AvgIpc) is 2.45. The van der Waals surface area contributed by atoms with Crippen molar-refractivity contribution in [3.05, 3.63) is 57.3 Å². The fraction of sp³-hybridized carbons (Fsp3) is 0.312. The zero-order valence-electron chi connectivity index (χ0n) is 12.5. The lowest BCUT2D eigenvalue weighted by atomic mass is 9.98. The summed E-state index contributed by atoms with van der Waals surface area (Å²) in [6.45, 7) is 3.98. The highest BCUT2D eigenvalue weighted by molar-refractivity contribution is 9.10. The molecule has 0 aliphatic carbocycles. The number of aromatic nitrogens is 1. The normalized spacial score (nSPS) is 12.2. The molecule has 5 heteroatoms. The molecule has 1 heterocycles. The van der Waals surface area contributed by atoms with E-state index in [-0.39, 0.29) is 6.04 Å². The Morgan fingerprint density at radius 2 is 1.90 bits per heavy atom. The lowest BCUT2D eigenvalue weighted by Crippen LogP contribution is -2.30. The maximum absolute atomic E-state index is 5.76. The summed E-state index contributed by atoms with van der Waals surface area (Å²) < 4.78 is 6.33. The number of benzene rings is 1. The van der Waals surface area contributed by atoms with Crippen LogP contribution < -0.4 is 16.0 Å². The number of rotatable bonds is 5. The lowest BCUT2D eigenvalue weighted by molar-refractivity contribution is 0.413. The summed E-state index contributed by atoms with van der Waals surface area (Å²) >= 11 is 3.58. The third-order valence-electron chi connectivity index (χ3n) is 3.38. The Labute approximate surface area is 133 Å². The van der Waals surface area contributed by atoms with Crippen LogP contribution >= 0.6 is 15.9 Å². The molecule has 2 rings (SSSR count). The van der Waals surface area contributed by atoms with E-state index in [1.54, 1.807) is 7.11 Å². The maximum Gasteiger partial charge on any atom is 0.119 e. The molecule has 3 N–H and O–H groups in total. The van der Waals surface area contributed by atoms with Crippen LogP contribution in [0.5, 0.6) is 5.75 Å². The fourth-order valence-corrected chi connectivity index (χ4v) is 2.80. The Morgan fingerprint density at radius 3 is 2.48 bits per heavy atom. The standard InChI is InChI=1S/C16H20BrN3O/c1-10-6-13(7-11(2)19-10)16(20-18)9-12-8-14(21-3)4-5-15(12)17/h4-8,16,20H,9,18H2,1-3H3. The molecule has 2 aromatic rings. The summed E-state index contributed by atoms with van der Waals surface area (Å²) in [5.41, 5.74) is 7.17. The van der Waals surface area contributed by atoms with Crippen LogP contribution in [-0.4, -0.2) is 12.1 Å². The van der Waals surface area contributed by atoms with Gasteiger partial charge in [-0.25, -0.2) is 0 Å². The minimum absolute atomic E-state index is 0.0220. The molecule has 0 radical (unpaired) electrons. The molecule has 1 aromatic carbocycles. The van der Waals surface area contributed by atoms with Crippen LogP contribution in [-0.2, 0) is 6.42 Å². The van der Waals surface area contributed by atoms with Crippen molar-refractivity contribution in [3.8, 4) is 5.75 Å². The van der Waals surface area contributed by atoms with E-state index >= 15 is 0 Å². The van der Waals surface area contributed by atoms with Crippen LogP contribution in [0.25, 0.3) is 0 Å². The molecule has 0 saturated heterocycles. The zero-order valence-corrected chi connectivity index (χ0v) is 14.1. The lowest BCUT2D eigenvalue weighted by Gasteiger charge is -2.18. The second kappa shape index (κ2) is 7.02. The molecular formula is C16H20BrN3O. The topological polar surface area (TPSA) is 60.2 Å². The van der Waals surface area contributed by atoms with Crippen molar-refractivity contribution >= 4 is 15.9 Å². The Balaban J connectivity index is 2.30. The monoisotopic (exact) mass is 349 g/mol. The van der Waals surface area contributed by atoms with Crippen molar-refractivity contribution in [3.63, 3.8) is 0 Å². The summed E-state index contributed by atoms with van der Waals surface area (Å²) in [6.07, 6.45) is 0.761. The minimum Gasteiger partial charge on any atom is -0.497 e. The average molecular weight is 350 g/mol. The number of hydrogen-bond donors (Lipinski definition) is 2. The number of methoxy groups -OCH3 is 1. The molecule has 0 spiro atoms. The highest BCUT2D eigenvalue weighted by atomic mass is 79.9. The van der Waals surface area contributed by atoms with Gasteiger partial charge in [-0.1, -0.05) is 15.9 Å². The maximum atomic E-state index is 5.76. The quantitative estimate of drug-likeness (QED) is 0.642. The molecule has 21 heavy (non-hydrogen) atoms. The number of aryl methyl sites for hydroxylation is 2. The van der Waals surface area contributed by atoms with Crippen molar-refractivity contribution in [2.75, 3.05) is 7.11 Å². The first-order chi connectivity index (χ1) is 10.0. The smallest absolute Gasteiger partial charge is 0.119 e. The van der Waals surface area contributed by atoms with Crippen molar-refractivity contribution in [1.29, 1.82) is 0 Å². The van der Waals surface area contributed by atoms with E-state index in [1.807, 2.05) is 32.0 Å².